The smallest absolute Gasteiger partial charge is 0.251 e. The molecule has 1 aliphatic carbocycles. The van der Waals surface area contributed by atoms with Crippen molar-refractivity contribution in [1.29, 1.82) is 0 Å². The van der Waals surface area contributed by atoms with Gasteiger partial charge in [0.15, 0.2) is 0 Å². The number of fused-ring (bicyclic) bond motifs is 1. The zero-order chi connectivity index (χ0) is 18.5. The molecule has 2 N–H and O–H groups in total. The number of amides is 1. The van der Waals surface area contributed by atoms with Crippen molar-refractivity contribution >= 4 is 21.8 Å². The molecular formula is C21H20BrNO4. The van der Waals surface area contributed by atoms with Gasteiger partial charge in [0.1, 0.15) is 5.75 Å². The summed E-state index contributed by atoms with van der Waals surface area (Å²) in [6.45, 7) is 2.11. The number of epoxide rings is 1. The predicted molar refractivity (Wildman–Crippen MR) is 103 cm³/mol. The van der Waals surface area contributed by atoms with Gasteiger partial charge in [-0.2, -0.15) is 0 Å². The Kier molecular flexibility index (Phi) is 4.22. The molecule has 2 aromatic carbocycles. The van der Waals surface area contributed by atoms with Crippen molar-refractivity contribution in [3.8, 4) is 5.75 Å². The summed E-state index contributed by atoms with van der Waals surface area (Å²) in [6, 6.07) is 13.6. The van der Waals surface area contributed by atoms with E-state index in [-0.39, 0.29) is 29.7 Å². The lowest BCUT2D eigenvalue weighted by atomic mass is 9.87. The van der Waals surface area contributed by atoms with Crippen LogP contribution in [-0.4, -0.2) is 43.0 Å². The standard InChI is InChI=1S/C21H20BrNO4/c22-16-7-12(21(25)23-19-14-8-26-9-15(14)19)6-13(20(16)24)18(17-10-27-17)11-4-2-1-3-5-11/h1-7,14-15,17-19,24H,8-10H2,(H,23,25)/t14-,15+,17?,18?,19+. The van der Waals surface area contributed by atoms with Gasteiger partial charge in [0.2, 0.25) is 0 Å². The largest absolute Gasteiger partial charge is 0.506 e. The fourth-order valence-corrected chi connectivity index (χ4v) is 4.66. The summed E-state index contributed by atoms with van der Waals surface area (Å²) in [5.41, 5.74) is 2.32. The van der Waals surface area contributed by atoms with E-state index in [4.69, 9.17) is 9.47 Å². The number of benzene rings is 2. The highest BCUT2D eigenvalue weighted by Crippen LogP contribution is 2.45. The Morgan fingerprint density at radius 1 is 1.15 bits per heavy atom. The normalized spacial score (nSPS) is 29.1. The third-order valence-corrected chi connectivity index (χ3v) is 6.43. The van der Waals surface area contributed by atoms with E-state index in [9.17, 15) is 9.90 Å². The highest BCUT2D eigenvalue weighted by molar-refractivity contribution is 9.10. The maximum Gasteiger partial charge on any atom is 0.251 e. The van der Waals surface area contributed by atoms with Crippen LogP contribution in [0.15, 0.2) is 46.9 Å². The van der Waals surface area contributed by atoms with E-state index < -0.39 is 0 Å². The zero-order valence-electron chi connectivity index (χ0n) is 14.6. The van der Waals surface area contributed by atoms with E-state index >= 15 is 0 Å². The number of nitrogens with one attached hydrogen (secondary N) is 1. The average Bonchev–Trinajstić information content (AvgIpc) is 3.57. The third kappa shape index (κ3) is 3.16. The van der Waals surface area contributed by atoms with E-state index in [1.807, 2.05) is 30.3 Å². The fraction of sp³-hybridized carbons (Fsp3) is 0.381. The summed E-state index contributed by atoms with van der Waals surface area (Å²) >= 11 is 3.42. The summed E-state index contributed by atoms with van der Waals surface area (Å²) in [5.74, 6) is 0.841. The Morgan fingerprint density at radius 2 is 1.85 bits per heavy atom. The fourth-order valence-electron chi connectivity index (χ4n) is 4.18. The molecule has 0 bridgehead atoms. The van der Waals surface area contributed by atoms with Gasteiger partial charge in [-0.25, -0.2) is 0 Å². The van der Waals surface area contributed by atoms with Crippen LogP contribution < -0.4 is 5.32 Å². The molecule has 2 unspecified atom stereocenters. The van der Waals surface area contributed by atoms with Gasteiger partial charge in [-0.05, 0) is 33.6 Å². The van der Waals surface area contributed by atoms with Crippen LogP contribution in [-0.2, 0) is 9.47 Å². The van der Waals surface area contributed by atoms with Gasteiger partial charge in [-0.15, -0.1) is 0 Å². The molecule has 2 aromatic rings. The van der Waals surface area contributed by atoms with Gasteiger partial charge in [-0.1, -0.05) is 30.3 Å². The van der Waals surface area contributed by atoms with E-state index in [2.05, 4.69) is 21.2 Å². The first-order chi connectivity index (χ1) is 13.1. The maximum absolute atomic E-state index is 12.8. The van der Waals surface area contributed by atoms with Crippen LogP contribution in [0.4, 0.5) is 0 Å². The highest BCUT2D eigenvalue weighted by atomic mass is 79.9. The number of rotatable bonds is 5. The van der Waals surface area contributed by atoms with Crippen molar-refractivity contribution in [3.63, 3.8) is 0 Å². The minimum Gasteiger partial charge on any atom is -0.506 e. The predicted octanol–water partition coefficient (Wildman–Crippen LogP) is 3.06. The number of hydrogen-bond donors (Lipinski definition) is 2. The number of hydrogen-bond acceptors (Lipinski definition) is 4. The van der Waals surface area contributed by atoms with Crippen LogP contribution in [0.1, 0.15) is 27.4 Å². The molecule has 2 aliphatic heterocycles. The SMILES string of the molecule is O=C(N[C@H]1[C@@H]2COC[C@@H]21)c1cc(Br)c(O)c(C(c2ccccc2)C2CO2)c1. The van der Waals surface area contributed by atoms with Crippen molar-refractivity contribution in [2.45, 2.75) is 18.1 Å². The monoisotopic (exact) mass is 429 g/mol. The summed E-state index contributed by atoms with van der Waals surface area (Å²) in [7, 11) is 0. The molecule has 1 amide bonds. The van der Waals surface area contributed by atoms with E-state index in [1.54, 1.807) is 12.1 Å². The molecule has 5 rings (SSSR count). The zero-order valence-corrected chi connectivity index (χ0v) is 16.2. The van der Waals surface area contributed by atoms with E-state index in [1.165, 1.54) is 0 Å². The molecule has 3 fully saturated rings. The van der Waals surface area contributed by atoms with Crippen LogP contribution in [0.5, 0.6) is 5.75 Å². The second-order valence-electron chi connectivity index (χ2n) is 7.52. The van der Waals surface area contributed by atoms with Gasteiger partial charge < -0.3 is 19.9 Å². The minimum absolute atomic E-state index is 0.0171. The first-order valence-corrected chi connectivity index (χ1v) is 10.0. The van der Waals surface area contributed by atoms with Crippen LogP contribution >= 0.6 is 15.9 Å². The number of ether oxygens (including phenoxy) is 2. The Morgan fingerprint density at radius 3 is 2.52 bits per heavy atom. The Hall–Kier alpha value is -1.89. The summed E-state index contributed by atoms with van der Waals surface area (Å²) in [4.78, 5) is 12.8. The van der Waals surface area contributed by atoms with Crippen LogP contribution in [0.2, 0.25) is 0 Å². The quantitative estimate of drug-likeness (QED) is 0.716. The third-order valence-electron chi connectivity index (χ3n) is 5.83. The lowest BCUT2D eigenvalue weighted by molar-refractivity contribution is 0.0928. The number of phenolic OH excluding ortho intramolecular Hbond substituents is 1. The number of carbonyl (C=O) groups excluding carboxylic acids is 1. The van der Waals surface area contributed by atoms with Crippen molar-refractivity contribution in [2.75, 3.05) is 19.8 Å². The summed E-state index contributed by atoms with van der Waals surface area (Å²) in [6.07, 6.45) is 0.0171. The number of aromatic hydroxyl groups is 1. The minimum atomic E-state index is -0.111. The molecule has 27 heavy (non-hydrogen) atoms. The average molecular weight is 430 g/mol. The van der Waals surface area contributed by atoms with E-state index in [0.717, 1.165) is 18.8 Å². The first kappa shape index (κ1) is 17.2. The van der Waals surface area contributed by atoms with Crippen molar-refractivity contribution in [1.82, 2.24) is 5.32 Å². The molecule has 2 saturated heterocycles. The van der Waals surface area contributed by atoms with Crippen molar-refractivity contribution in [3.05, 3.63) is 63.6 Å². The molecule has 5 nitrogen and oxygen atoms in total. The summed E-state index contributed by atoms with van der Waals surface area (Å²) < 4.78 is 11.5. The van der Waals surface area contributed by atoms with E-state index in [0.29, 0.717) is 34.0 Å². The van der Waals surface area contributed by atoms with Crippen LogP contribution in [0.25, 0.3) is 0 Å². The van der Waals surface area contributed by atoms with Crippen molar-refractivity contribution in [2.24, 2.45) is 11.8 Å². The summed E-state index contributed by atoms with van der Waals surface area (Å²) in [5, 5.41) is 13.8. The number of phenols is 1. The topological polar surface area (TPSA) is 71.1 Å². The molecule has 0 radical (unpaired) electrons. The molecule has 1 saturated carbocycles. The molecule has 2 heterocycles. The van der Waals surface area contributed by atoms with Gasteiger partial charge in [-0.3, -0.25) is 4.79 Å². The molecule has 5 atom stereocenters. The Balaban J connectivity index is 1.46. The van der Waals surface area contributed by atoms with Gasteiger partial charge in [0.25, 0.3) is 5.91 Å². The lowest BCUT2D eigenvalue weighted by Gasteiger charge is -2.19. The molecule has 0 spiro atoms. The second-order valence-corrected chi connectivity index (χ2v) is 8.37. The van der Waals surface area contributed by atoms with Gasteiger partial charge in [0, 0.05) is 34.9 Å². The molecule has 6 heteroatoms. The van der Waals surface area contributed by atoms with Crippen LogP contribution in [0, 0.1) is 11.8 Å². The molecule has 0 aromatic heterocycles. The number of carbonyl (C=O) groups is 1. The second kappa shape index (κ2) is 6.62. The van der Waals surface area contributed by atoms with Crippen molar-refractivity contribution < 1.29 is 19.4 Å². The van der Waals surface area contributed by atoms with Gasteiger partial charge in [0.05, 0.1) is 30.4 Å². The molecule has 140 valence electrons. The van der Waals surface area contributed by atoms with Crippen LogP contribution in [0.3, 0.4) is 0 Å². The molecule has 3 aliphatic rings. The maximum atomic E-state index is 12.8. The Bertz CT molecular complexity index is 873. The highest BCUT2D eigenvalue weighted by Gasteiger charge is 2.54. The van der Waals surface area contributed by atoms with Gasteiger partial charge >= 0.3 is 0 Å². The number of halogens is 1. The molecular weight excluding hydrogens is 410 g/mol. The lowest BCUT2D eigenvalue weighted by Crippen LogP contribution is -2.30. The first-order valence-electron chi connectivity index (χ1n) is 9.21. The Labute approximate surface area is 165 Å².